The Morgan fingerprint density at radius 1 is 1.15 bits per heavy atom. The van der Waals surface area contributed by atoms with Gasteiger partial charge in [0.05, 0.1) is 17.0 Å². The first-order valence-electron chi connectivity index (χ1n) is 13.2. The van der Waals surface area contributed by atoms with E-state index in [1.807, 2.05) is 29.7 Å². The normalized spacial score (nSPS) is 16.2. The lowest BCUT2D eigenvalue weighted by atomic mass is 9.89. The van der Waals surface area contributed by atoms with Crippen molar-refractivity contribution in [2.24, 2.45) is 0 Å². The number of fused-ring (bicyclic) bond motifs is 1. The fourth-order valence-corrected chi connectivity index (χ4v) is 7.33. The van der Waals surface area contributed by atoms with E-state index >= 15 is 0 Å². The molecule has 0 saturated carbocycles. The number of amides is 1. The van der Waals surface area contributed by atoms with Gasteiger partial charge < -0.3 is 14.0 Å². The Hall–Kier alpha value is -3.41. The molecule has 0 unspecified atom stereocenters. The maximum atomic E-state index is 14.3. The van der Waals surface area contributed by atoms with Crippen LogP contribution in [0.3, 0.4) is 0 Å². The SMILES string of the molecule is CNC(=O)c1c(-c2ccc(F)cc2)oc2cc(N(C)SC)c([C@H]3CCCN(S(=O)(=O)Cc4ccccc4F)C3)cc12. The van der Waals surface area contributed by atoms with Crippen molar-refractivity contribution in [3.05, 3.63) is 89.0 Å². The monoisotopic (exact) mass is 599 g/mol. The smallest absolute Gasteiger partial charge is 0.255 e. The van der Waals surface area contributed by atoms with Gasteiger partial charge in [0, 0.05) is 56.0 Å². The zero-order valence-corrected chi connectivity index (χ0v) is 24.6. The number of nitrogens with one attached hydrogen (secondary N) is 1. The second kappa shape index (κ2) is 11.8. The molecule has 0 aliphatic carbocycles. The maximum absolute atomic E-state index is 14.3. The van der Waals surface area contributed by atoms with Gasteiger partial charge in [0.2, 0.25) is 10.0 Å². The molecule has 1 aliphatic heterocycles. The lowest BCUT2D eigenvalue weighted by molar-refractivity contribution is 0.0964. The molecule has 0 spiro atoms. The van der Waals surface area contributed by atoms with Gasteiger partial charge in [0.25, 0.3) is 5.91 Å². The van der Waals surface area contributed by atoms with Crippen molar-refractivity contribution in [2.75, 3.05) is 37.7 Å². The van der Waals surface area contributed by atoms with Crippen LogP contribution >= 0.6 is 11.9 Å². The topological polar surface area (TPSA) is 82.9 Å². The number of rotatable bonds is 8. The van der Waals surface area contributed by atoms with Crippen LogP contribution in [0.5, 0.6) is 0 Å². The molecule has 1 atom stereocenters. The fraction of sp³-hybridized carbons (Fsp3) is 0.300. The van der Waals surface area contributed by atoms with E-state index < -0.39 is 27.4 Å². The first-order chi connectivity index (χ1) is 19.6. The van der Waals surface area contributed by atoms with Gasteiger partial charge in [-0.2, -0.15) is 0 Å². The van der Waals surface area contributed by atoms with E-state index in [0.717, 1.165) is 17.7 Å². The van der Waals surface area contributed by atoms with Gasteiger partial charge >= 0.3 is 0 Å². The van der Waals surface area contributed by atoms with Gasteiger partial charge in [0.15, 0.2) is 0 Å². The van der Waals surface area contributed by atoms with Crippen LogP contribution in [0.4, 0.5) is 14.5 Å². The van der Waals surface area contributed by atoms with Crippen molar-refractivity contribution >= 4 is 44.5 Å². The number of furan rings is 1. The molecule has 2 heterocycles. The van der Waals surface area contributed by atoms with Crippen LogP contribution in [-0.2, 0) is 15.8 Å². The average Bonchev–Trinajstić information content (AvgIpc) is 3.35. The molecule has 3 aromatic carbocycles. The van der Waals surface area contributed by atoms with E-state index in [9.17, 15) is 22.0 Å². The summed E-state index contributed by atoms with van der Waals surface area (Å²) in [6, 6.07) is 15.5. The number of benzene rings is 3. The van der Waals surface area contributed by atoms with Crippen LogP contribution in [0.15, 0.2) is 65.1 Å². The van der Waals surface area contributed by atoms with Crippen molar-refractivity contribution in [1.82, 2.24) is 9.62 Å². The summed E-state index contributed by atoms with van der Waals surface area (Å²) in [5.74, 6) is -1.55. The third kappa shape index (κ3) is 5.84. The Balaban J connectivity index is 1.59. The molecule has 1 aliphatic rings. The summed E-state index contributed by atoms with van der Waals surface area (Å²) in [5, 5.41) is 3.26. The molecule has 7 nitrogen and oxygen atoms in total. The highest BCUT2D eigenvalue weighted by atomic mass is 32.2. The Labute approximate surface area is 242 Å². The molecule has 0 bridgehead atoms. The van der Waals surface area contributed by atoms with Crippen molar-refractivity contribution < 1.29 is 26.4 Å². The van der Waals surface area contributed by atoms with E-state index in [1.54, 1.807) is 18.2 Å². The predicted octanol–water partition coefficient (Wildman–Crippen LogP) is 6.16. The van der Waals surface area contributed by atoms with Gasteiger partial charge in [0.1, 0.15) is 23.0 Å². The molecule has 41 heavy (non-hydrogen) atoms. The molecule has 1 fully saturated rings. The summed E-state index contributed by atoms with van der Waals surface area (Å²) in [7, 11) is -0.336. The zero-order chi connectivity index (χ0) is 29.3. The molecule has 1 N–H and O–H groups in total. The van der Waals surface area contributed by atoms with Crippen LogP contribution in [-0.4, -0.2) is 52.1 Å². The number of nitrogens with zero attached hydrogens (tertiary/aromatic N) is 2. The quantitative estimate of drug-likeness (QED) is 0.244. The van der Waals surface area contributed by atoms with E-state index in [2.05, 4.69) is 5.32 Å². The standard InChI is InChI=1S/C30H31F2N3O4S2/c1-33-30(36)28-24-15-23(20-8-6-14-35(17-20)41(37,38)18-21-7-4-5-9-25(21)32)26(34(2)40-3)16-27(24)39-29(28)19-10-12-22(31)13-11-19/h4-5,7,9-13,15-16,20H,6,8,14,17-18H2,1-3H3,(H,33,36)/t20-/m0/s1. The van der Waals surface area contributed by atoms with Crippen LogP contribution in [0.1, 0.15) is 40.2 Å². The number of hydrogen-bond donors (Lipinski definition) is 1. The summed E-state index contributed by atoms with van der Waals surface area (Å²) >= 11 is 1.49. The molecule has 216 valence electrons. The van der Waals surface area contributed by atoms with Crippen LogP contribution in [0.25, 0.3) is 22.3 Å². The third-order valence-electron chi connectivity index (χ3n) is 7.52. The fourth-order valence-electron chi connectivity index (χ4n) is 5.35. The van der Waals surface area contributed by atoms with Crippen LogP contribution in [0, 0.1) is 11.6 Å². The van der Waals surface area contributed by atoms with Crippen LogP contribution in [0.2, 0.25) is 0 Å². The van der Waals surface area contributed by atoms with E-state index in [-0.39, 0.29) is 23.9 Å². The summed E-state index contributed by atoms with van der Waals surface area (Å²) in [5.41, 5.74) is 3.24. The molecular weight excluding hydrogens is 568 g/mol. The van der Waals surface area contributed by atoms with Gasteiger partial charge in [-0.1, -0.05) is 30.1 Å². The highest BCUT2D eigenvalue weighted by molar-refractivity contribution is 7.99. The summed E-state index contributed by atoms with van der Waals surface area (Å²) in [4.78, 5) is 13.1. The van der Waals surface area contributed by atoms with Crippen molar-refractivity contribution in [3.63, 3.8) is 0 Å². The zero-order valence-electron chi connectivity index (χ0n) is 23.0. The lowest BCUT2D eigenvalue weighted by Gasteiger charge is -2.34. The number of carbonyl (C=O) groups is 1. The molecule has 1 amide bonds. The van der Waals surface area contributed by atoms with E-state index in [4.69, 9.17) is 4.42 Å². The van der Waals surface area contributed by atoms with Gasteiger partial charge in [-0.15, -0.1) is 0 Å². The van der Waals surface area contributed by atoms with Crippen molar-refractivity contribution in [2.45, 2.75) is 24.5 Å². The van der Waals surface area contributed by atoms with Crippen molar-refractivity contribution in [1.29, 1.82) is 0 Å². The Morgan fingerprint density at radius 2 is 1.88 bits per heavy atom. The number of sulfonamides is 1. The molecule has 0 radical (unpaired) electrons. The lowest BCUT2D eigenvalue weighted by Crippen LogP contribution is -2.40. The molecule has 4 aromatic rings. The molecule has 5 rings (SSSR count). The summed E-state index contributed by atoms with van der Waals surface area (Å²) in [6.07, 6.45) is 3.31. The first kappa shape index (κ1) is 29.1. The van der Waals surface area contributed by atoms with Crippen LogP contribution < -0.4 is 9.62 Å². The second-order valence-corrected chi connectivity index (χ2v) is 12.9. The average molecular weight is 600 g/mol. The minimum Gasteiger partial charge on any atom is -0.455 e. The Morgan fingerprint density at radius 3 is 2.56 bits per heavy atom. The van der Waals surface area contributed by atoms with Gasteiger partial charge in [-0.25, -0.2) is 21.5 Å². The van der Waals surface area contributed by atoms with E-state index in [1.165, 1.54) is 53.6 Å². The number of hydrogen-bond acceptors (Lipinski definition) is 6. The first-order valence-corrected chi connectivity index (χ1v) is 16.0. The minimum atomic E-state index is -3.78. The number of carbonyl (C=O) groups excluding carboxylic acids is 1. The Bertz CT molecular complexity index is 1690. The minimum absolute atomic E-state index is 0.140. The molecule has 1 aromatic heterocycles. The molecule has 11 heteroatoms. The highest BCUT2D eigenvalue weighted by Gasteiger charge is 2.33. The number of halogens is 2. The van der Waals surface area contributed by atoms with Gasteiger partial charge in [-0.05, 0) is 60.7 Å². The third-order valence-corrected chi connectivity index (χ3v) is 10.1. The predicted molar refractivity (Wildman–Crippen MR) is 159 cm³/mol. The van der Waals surface area contributed by atoms with Gasteiger partial charge in [-0.3, -0.25) is 4.79 Å². The number of anilines is 1. The maximum Gasteiger partial charge on any atom is 0.255 e. The summed E-state index contributed by atoms with van der Waals surface area (Å²) < 4.78 is 64.3. The largest absolute Gasteiger partial charge is 0.455 e. The molecular formula is C30H31F2N3O4S2. The number of piperidine rings is 1. The molecule has 1 saturated heterocycles. The van der Waals surface area contributed by atoms with E-state index in [0.29, 0.717) is 40.8 Å². The second-order valence-electron chi connectivity index (χ2n) is 10.0. The summed E-state index contributed by atoms with van der Waals surface area (Å²) in [6.45, 7) is 0.586. The highest BCUT2D eigenvalue weighted by Crippen LogP contribution is 2.42. The Kier molecular flexibility index (Phi) is 8.40. The van der Waals surface area contributed by atoms with Crippen molar-refractivity contribution in [3.8, 4) is 11.3 Å².